The quantitative estimate of drug-likeness (QED) is 0.803. The zero-order valence-electron chi connectivity index (χ0n) is 12.0. The van der Waals surface area contributed by atoms with Crippen LogP contribution in [0.5, 0.6) is 0 Å². The summed E-state index contributed by atoms with van der Waals surface area (Å²) in [5.74, 6) is 1.94. The molecule has 1 aliphatic rings. The summed E-state index contributed by atoms with van der Waals surface area (Å²) < 4.78 is 0. The van der Waals surface area contributed by atoms with Crippen LogP contribution in [0.1, 0.15) is 62.6 Å². The largest absolute Gasteiger partial charge is 0.387 e. The molecule has 1 heteroatoms. The first-order valence-electron chi connectivity index (χ1n) is 7.11. The minimum Gasteiger partial charge on any atom is -0.387 e. The summed E-state index contributed by atoms with van der Waals surface area (Å²) in [5, 5.41) is 3.39. The normalized spacial score (nSPS) is 21.1. The SMILES string of the molecule is CC(C)c1cccc2c1C(C(C)C)C/C=C\NC2. The predicted octanol–water partition coefficient (Wildman–Crippen LogP) is 4.56. The first-order valence-corrected chi connectivity index (χ1v) is 7.11. The van der Waals surface area contributed by atoms with E-state index in [0.29, 0.717) is 17.8 Å². The average Bonchev–Trinajstić information content (AvgIpc) is 2.28. The van der Waals surface area contributed by atoms with Crippen molar-refractivity contribution >= 4 is 0 Å². The predicted molar refractivity (Wildman–Crippen MR) is 78.7 cm³/mol. The monoisotopic (exact) mass is 243 g/mol. The summed E-state index contributed by atoms with van der Waals surface area (Å²) in [6.07, 6.45) is 5.53. The molecule has 0 spiro atoms. The third-order valence-corrected chi connectivity index (χ3v) is 3.95. The van der Waals surface area contributed by atoms with Crippen molar-refractivity contribution in [2.45, 2.75) is 52.5 Å². The Bertz CT molecular complexity index is 429. The van der Waals surface area contributed by atoms with Crippen molar-refractivity contribution < 1.29 is 0 Å². The highest BCUT2D eigenvalue weighted by Gasteiger charge is 2.22. The zero-order chi connectivity index (χ0) is 13.1. The van der Waals surface area contributed by atoms with E-state index in [2.05, 4.69) is 63.5 Å². The Kier molecular flexibility index (Phi) is 4.11. The molecule has 0 fully saturated rings. The van der Waals surface area contributed by atoms with E-state index in [-0.39, 0.29) is 0 Å². The van der Waals surface area contributed by atoms with Crippen LogP contribution in [0.25, 0.3) is 0 Å². The Morgan fingerprint density at radius 1 is 1.17 bits per heavy atom. The van der Waals surface area contributed by atoms with Gasteiger partial charge >= 0.3 is 0 Å². The van der Waals surface area contributed by atoms with Gasteiger partial charge in [0.25, 0.3) is 0 Å². The topological polar surface area (TPSA) is 12.0 Å². The standard InChI is InChI=1S/C17H25N/c1-12(2)15-8-5-7-14-11-18-10-6-9-16(13(3)4)17(14)15/h5-8,10,12-13,16,18H,9,11H2,1-4H3/b10-6-. The molecule has 0 saturated heterocycles. The summed E-state index contributed by atoms with van der Waals surface area (Å²) in [5.41, 5.74) is 4.60. The zero-order valence-corrected chi connectivity index (χ0v) is 12.0. The van der Waals surface area contributed by atoms with E-state index in [1.165, 1.54) is 11.1 Å². The number of hydrogen-bond acceptors (Lipinski definition) is 1. The van der Waals surface area contributed by atoms with Crippen molar-refractivity contribution in [2.75, 3.05) is 0 Å². The molecule has 0 bridgehead atoms. The smallest absolute Gasteiger partial charge is 0.0398 e. The molecule has 0 aromatic heterocycles. The van der Waals surface area contributed by atoms with Crippen LogP contribution in [0.3, 0.4) is 0 Å². The second-order valence-electron chi connectivity index (χ2n) is 5.94. The Morgan fingerprint density at radius 2 is 1.94 bits per heavy atom. The van der Waals surface area contributed by atoms with Crippen LogP contribution in [-0.2, 0) is 6.54 Å². The first kappa shape index (κ1) is 13.2. The maximum atomic E-state index is 3.39. The van der Waals surface area contributed by atoms with E-state index in [4.69, 9.17) is 0 Å². The van der Waals surface area contributed by atoms with Crippen molar-refractivity contribution in [3.8, 4) is 0 Å². The van der Waals surface area contributed by atoms with Gasteiger partial charge in [0, 0.05) is 6.54 Å². The fourth-order valence-electron chi connectivity index (χ4n) is 2.93. The van der Waals surface area contributed by atoms with E-state index < -0.39 is 0 Å². The van der Waals surface area contributed by atoms with E-state index in [0.717, 1.165) is 13.0 Å². The van der Waals surface area contributed by atoms with Crippen molar-refractivity contribution in [3.05, 3.63) is 47.2 Å². The number of benzene rings is 1. The summed E-state index contributed by atoms with van der Waals surface area (Å²) in [6.45, 7) is 10.2. The molecule has 1 nitrogen and oxygen atoms in total. The molecule has 1 heterocycles. The van der Waals surface area contributed by atoms with Gasteiger partial charge in [0.05, 0.1) is 0 Å². The van der Waals surface area contributed by atoms with Crippen LogP contribution < -0.4 is 5.32 Å². The van der Waals surface area contributed by atoms with Crippen LogP contribution in [0.2, 0.25) is 0 Å². The lowest BCUT2D eigenvalue weighted by Gasteiger charge is -2.28. The Balaban J connectivity index is 2.54. The molecule has 0 radical (unpaired) electrons. The van der Waals surface area contributed by atoms with Gasteiger partial charge in [0.15, 0.2) is 0 Å². The minimum atomic E-state index is 0.601. The van der Waals surface area contributed by atoms with Crippen LogP contribution in [0.4, 0.5) is 0 Å². The number of rotatable bonds is 2. The second kappa shape index (κ2) is 5.60. The Hall–Kier alpha value is -1.24. The number of allylic oxidation sites excluding steroid dienone is 1. The summed E-state index contributed by atoms with van der Waals surface area (Å²) in [6, 6.07) is 6.80. The Labute approximate surface area is 111 Å². The molecule has 1 atom stereocenters. The van der Waals surface area contributed by atoms with Crippen LogP contribution >= 0.6 is 0 Å². The van der Waals surface area contributed by atoms with Gasteiger partial charge in [-0.25, -0.2) is 0 Å². The molecule has 1 N–H and O–H groups in total. The van der Waals surface area contributed by atoms with Crippen LogP contribution in [0, 0.1) is 5.92 Å². The molecular weight excluding hydrogens is 218 g/mol. The highest BCUT2D eigenvalue weighted by molar-refractivity contribution is 5.41. The van der Waals surface area contributed by atoms with Crippen LogP contribution in [-0.4, -0.2) is 0 Å². The fourth-order valence-corrected chi connectivity index (χ4v) is 2.93. The second-order valence-corrected chi connectivity index (χ2v) is 5.94. The average molecular weight is 243 g/mol. The number of hydrogen-bond donors (Lipinski definition) is 1. The maximum Gasteiger partial charge on any atom is 0.0398 e. The minimum absolute atomic E-state index is 0.601. The van der Waals surface area contributed by atoms with Crippen molar-refractivity contribution in [2.24, 2.45) is 5.92 Å². The lowest BCUT2D eigenvalue weighted by Crippen LogP contribution is -2.18. The maximum absolute atomic E-state index is 3.39. The molecule has 0 saturated carbocycles. The van der Waals surface area contributed by atoms with Crippen LogP contribution in [0.15, 0.2) is 30.5 Å². The van der Waals surface area contributed by atoms with Crippen molar-refractivity contribution in [1.82, 2.24) is 5.32 Å². The van der Waals surface area contributed by atoms with Gasteiger partial charge in [0.2, 0.25) is 0 Å². The molecule has 1 unspecified atom stereocenters. The number of fused-ring (bicyclic) bond motifs is 1. The molecule has 1 aromatic carbocycles. The summed E-state index contributed by atoms with van der Waals surface area (Å²) >= 11 is 0. The van der Waals surface area contributed by atoms with Crippen molar-refractivity contribution in [1.29, 1.82) is 0 Å². The third kappa shape index (κ3) is 2.60. The highest BCUT2D eigenvalue weighted by atomic mass is 14.8. The lowest BCUT2D eigenvalue weighted by atomic mass is 9.78. The molecule has 0 aliphatic carbocycles. The number of nitrogens with one attached hydrogen (secondary N) is 1. The Morgan fingerprint density at radius 3 is 2.61 bits per heavy atom. The summed E-state index contributed by atoms with van der Waals surface area (Å²) in [7, 11) is 0. The van der Waals surface area contributed by atoms with Gasteiger partial charge in [-0.3, -0.25) is 0 Å². The third-order valence-electron chi connectivity index (χ3n) is 3.95. The summed E-state index contributed by atoms with van der Waals surface area (Å²) in [4.78, 5) is 0. The molecular formula is C17H25N. The fraction of sp³-hybridized carbons (Fsp3) is 0.529. The van der Waals surface area contributed by atoms with Gasteiger partial charge in [-0.05, 0) is 47.1 Å². The molecule has 0 amide bonds. The van der Waals surface area contributed by atoms with E-state index in [1.54, 1.807) is 5.56 Å². The molecule has 98 valence electrons. The van der Waals surface area contributed by atoms with Gasteiger partial charge in [-0.15, -0.1) is 0 Å². The molecule has 1 aliphatic heterocycles. The van der Waals surface area contributed by atoms with Gasteiger partial charge < -0.3 is 5.32 Å². The van der Waals surface area contributed by atoms with E-state index in [1.807, 2.05) is 0 Å². The first-order chi connectivity index (χ1) is 8.61. The van der Waals surface area contributed by atoms with E-state index in [9.17, 15) is 0 Å². The van der Waals surface area contributed by atoms with Gasteiger partial charge in [0.1, 0.15) is 0 Å². The lowest BCUT2D eigenvalue weighted by molar-refractivity contribution is 0.488. The molecule has 1 aromatic rings. The van der Waals surface area contributed by atoms with Gasteiger partial charge in [-0.2, -0.15) is 0 Å². The molecule has 18 heavy (non-hydrogen) atoms. The van der Waals surface area contributed by atoms with E-state index >= 15 is 0 Å². The molecule has 2 rings (SSSR count). The highest BCUT2D eigenvalue weighted by Crippen LogP contribution is 2.37. The van der Waals surface area contributed by atoms with Crippen molar-refractivity contribution in [3.63, 3.8) is 0 Å². The van der Waals surface area contributed by atoms with Gasteiger partial charge in [-0.1, -0.05) is 52.0 Å².